The van der Waals surface area contributed by atoms with Gasteiger partial charge in [-0.2, -0.15) is 0 Å². The number of carbonyl (C=O) groups excluding carboxylic acids is 2. The van der Waals surface area contributed by atoms with Gasteiger partial charge in [0.25, 0.3) is 0 Å². The highest BCUT2D eigenvalue weighted by atomic mass is 32.2. The van der Waals surface area contributed by atoms with Crippen molar-refractivity contribution in [2.75, 3.05) is 11.1 Å². The molecular weight excluding hydrogens is 434 g/mol. The van der Waals surface area contributed by atoms with Crippen molar-refractivity contribution in [2.45, 2.75) is 30.6 Å². The lowest BCUT2D eigenvalue weighted by Gasteiger charge is -2.20. The Balaban J connectivity index is 1.46. The van der Waals surface area contributed by atoms with E-state index < -0.39 is 17.5 Å². The molecule has 1 aromatic heterocycles. The molecule has 3 amide bonds. The molecule has 162 valence electrons. The van der Waals surface area contributed by atoms with Gasteiger partial charge in [0.2, 0.25) is 11.0 Å². The summed E-state index contributed by atoms with van der Waals surface area (Å²) >= 11 is 2.54. The lowest BCUT2D eigenvalue weighted by Crippen LogP contribution is -2.48. The maximum atomic E-state index is 11.9. The van der Waals surface area contributed by atoms with Crippen LogP contribution in [0.4, 0.5) is 15.6 Å². The summed E-state index contributed by atoms with van der Waals surface area (Å²) in [7, 11) is 0. The van der Waals surface area contributed by atoms with Crippen LogP contribution in [0.2, 0.25) is 0 Å². The summed E-state index contributed by atoms with van der Waals surface area (Å²) in [6.45, 7) is 5.52. The monoisotopic (exact) mass is 457 g/mol. The Hall–Kier alpha value is -3.11. The van der Waals surface area contributed by atoms with Crippen molar-refractivity contribution in [3.8, 4) is 11.5 Å². The number of carbonyl (C=O) groups is 2. The molecule has 0 bridgehead atoms. The molecule has 0 saturated carbocycles. The van der Waals surface area contributed by atoms with Crippen LogP contribution >= 0.6 is 23.1 Å². The number of urea groups is 1. The van der Waals surface area contributed by atoms with Crippen molar-refractivity contribution in [3.63, 3.8) is 0 Å². The predicted molar refractivity (Wildman–Crippen MR) is 123 cm³/mol. The van der Waals surface area contributed by atoms with Gasteiger partial charge in [0.05, 0.1) is 5.75 Å². The standard InChI is InChI=1S/C21H23N5O3S2/c1-21(2,3)24-18(28)23-17(27)13-30-20-26-25-19(31-20)22-14-9-11-16(12-10-14)29-15-7-5-4-6-8-15/h4-12H,13H2,1-3H3,(H,22,25)(H2,23,24,27,28). The van der Waals surface area contributed by atoms with E-state index >= 15 is 0 Å². The van der Waals surface area contributed by atoms with Gasteiger partial charge in [0, 0.05) is 11.2 Å². The zero-order valence-corrected chi connectivity index (χ0v) is 19.0. The molecule has 0 aliphatic rings. The lowest BCUT2D eigenvalue weighted by molar-refractivity contribution is -0.117. The highest BCUT2D eigenvalue weighted by Gasteiger charge is 2.16. The molecule has 0 aliphatic carbocycles. The van der Waals surface area contributed by atoms with Crippen LogP contribution in [0.15, 0.2) is 58.9 Å². The number of ether oxygens (including phenoxy) is 1. The number of hydrogen-bond acceptors (Lipinski definition) is 8. The Morgan fingerprint density at radius 2 is 1.68 bits per heavy atom. The Labute approximate surface area is 188 Å². The van der Waals surface area contributed by atoms with Gasteiger partial charge < -0.3 is 15.4 Å². The zero-order chi connectivity index (χ0) is 22.3. The third-order valence-electron chi connectivity index (χ3n) is 3.56. The van der Waals surface area contributed by atoms with E-state index in [4.69, 9.17) is 4.74 Å². The molecule has 3 aromatic rings. The zero-order valence-electron chi connectivity index (χ0n) is 17.3. The second-order valence-corrected chi connectivity index (χ2v) is 9.68. The average molecular weight is 458 g/mol. The first-order valence-corrected chi connectivity index (χ1v) is 11.3. The fourth-order valence-corrected chi connectivity index (χ4v) is 3.91. The molecule has 0 radical (unpaired) electrons. The third-order valence-corrected chi connectivity index (χ3v) is 5.53. The highest BCUT2D eigenvalue weighted by molar-refractivity contribution is 8.01. The fourth-order valence-electron chi connectivity index (χ4n) is 2.33. The van der Waals surface area contributed by atoms with Gasteiger partial charge in [-0.25, -0.2) is 4.79 Å². The maximum Gasteiger partial charge on any atom is 0.321 e. The number of nitrogens with one attached hydrogen (secondary N) is 3. The number of thioether (sulfide) groups is 1. The lowest BCUT2D eigenvalue weighted by atomic mass is 10.1. The van der Waals surface area contributed by atoms with Crippen LogP contribution in [0, 0.1) is 0 Å². The number of nitrogens with zero attached hydrogens (tertiary/aromatic N) is 2. The number of rotatable bonds is 7. The summed E-state index contributed by atoms with van der Waals surface area (Å²) < 4.78 is 6.40. The van der Waals surface area contributed by atoms with Gasteiger partial charge in [-0.05, 0) is 57.2 Å². The summed E-state index contributed by atoms with van der Waals surface area (Å²) in [5, 5.41) is 16.9. The van der Waals surface area contributed by atoms with E-state index in [1.807, 2.05) is 75.4 Å². The second kappa shape index (κ2) is 10.3. The summed E-state index contributed by atoms with van der Waals surface area (Å²) in [5.74, 6) is 1.17. The number of benzene rings is 2. The number of para-hydroxylation sites is 1. The second-order valence-electron chi connectivity index (χ2n) is 7.48. The molecule has 3 N–H and O–H groups in total. The molecule has 0 atom stereocenters. The minimum Gasteiger partial charge on any atom is -0.457 e. The SMILES string of the molecule is CC(C)(C)NC(=O)NC(=O)CSc1nnc(Nc2ccc(Oc3ccccc3)cc2)s1. The molecule has 0 aliphatic heterocycles. The average Bonchev–Trinajstić information content (AvgIpc) is 3.14. The van der Waals surface area contributed by atoms with Crippen LogP contribution in [-0.4, -0.2) is 33.4 Å². The highest BCUT2D eigenvalue weighted by Crippen LogP contribution is 2.29. The van der Waals surface area contributed by atoms with Crippen LogP contribution in [0.3, 0.4) is 0 Å². The molecule has 0 spiro atoms. The van der Waals surface area contributed by atoms with E-state index in [0.717, 1.165) is 17.2 Å². The third kappa shape index (κ3) is 7.91. The number of aromatic nitrogens is 2. The van der Waals surface area contributed by atoms with E-state index in [-0.39, 0.29) is 5.75 Å². The molecule has 3 rings (SSSR count). The molecular formula is C21H23N5O3S2. The summed E-state index contributed by atoms with van der Waals surface area (Å²) in [6.07, 6.45) is 0. The van der Waals surface area contributed by atoms with Gasteiger partial charge in [0.1, 0.15) is 11.5 Å². The molecule has 31 heavy (non-hydrogen) atoms. The first-order chi connectivity index (χ1) is 14.8. The normalized spacial score (nSPS) is 10.9. The first kappa shape index (κ1) is 22.6. The van der Waals surface area contributed by atoms with Crippen molar-refractivity contribution in [1.29, 1.82) is 0 Å². The smallest absolute Gasteiger partial charge is 0.321 e. The van der Waals surface area contributed by atoms with Crippen LogP contribution in [0.25, 0.3) is 0 Å². The van der Waals surface area contributed by atoms with Crippen molar-refractivity contribution in [1.82, 2.24) is 20.8 Å². The number of hydrogen-bond donors (Lipinski definition) is 3. The van der Waals surface area contributed by atoms with E-state index in [1.165, 1.54) is 23.1 Å². The van der Waals surface area contributed by atoms with E-state index in [9.17, 15) is 9.59 Å². The van der Waals surface area contributed by atoms with Crippen molar-refractivity contribution < 1.29 is 14.3 Å². The molecule has 0 fully saturated rings. The Morgan fingerprint density at radius 1 is 1.00 bits per heavy atom. The minimum absolute atomic E-state index is 0.0672. The number of imide groups is 1. The summed E-state index contributed by atoms with van der Waals surface area (Å²) in [6, 6.07) is 16.5. The minimum atomic E-state index is -0.516. The van der Waals surface area contributed by atoms with Gasteiger partial charge in [-0.15, -0.1) is 10.2 Å². The Kier molecular flexibility index (Phi) is 7.48. The van der Waals surface area contributed by atoms with Crippen LogP contribution < -0.4 is 20.7 Å². The van der Waals surface area contributed by atoms with Crippen LogP contribution in [-0.2, 0) is 4.79 Å². The quantitative estimate of drug-likeness (QED) is 0.438. The van der Waals surface area contributed by atoms with E-state index in [2.05, 4.69) is 26.1 Å². The molecule has 0 saturated heterocycles. The van der Waals surface area contributed by atoms with Gasteiger partial charge in [-0.1, -0.05) is 41.3 Å². The summed E-state index contributed by atoms with van der Waals surface area (Å²) in [4.78, 5) is 23.6. The number of anilines is 2. The maximum absolute atomic E-state index is 11.9. The molecule has 10 heteroatoms. The van der Waals surface area contributed by atoms with Crippen LogP contribution in [0.5, 0.6) is 11.5 Å². The topological polar surface area (TPSA) is 105 Å². The molecule has 0 unspecified atom stereocenters. The Bertz CT molecular complexity index is 1020. The van der Waals surface area contributed by atoms with Crippen molar-refractivity contribution in [2.24, 2.45) is 0 Å². The largest absolute Gasteiger partial charge is 0.457 e. The first-order valence-electron chi connectivity index (χ1n) is 9.45. The molecule has 2 aromatic carbocycles. The molecule has 8 nitrogen and oxygen atoms in total. The predicted octanol–water partition coefficient (Wildman–Crippen LogP) is 4.79. The van der Waals surface area contributed by atoms with Gasteiger partial charge >= 0.3 is 6.03 Å². The molecule has 1 heterocycles. The number of amides is 3. The van der Waals surface area contributed by atoms with Crippen LogP contribution in [0.1, 0.15) is 20.8 Å². The van der Waals surface area contributed by atoms with Gasteiger partial charge in [-0.3, -0.25) is 10.1 Å². The van der Waals surface area contributed by atoms with E-state index in [1.54, 1.807) is 0 Å². The fraction of sp³-hybridized carbons (Fsp3) is 0.238. The van der Waals surface area contributed by atoms with E-state index in [0.29, 0.717) is 9.47 Å². The van der Waals surface area contributed by atoms with Crippen molar-refractivity contribution in [3.05, 3.63) is 54.6 Å². The Morgan fingerprint density at radius 3 is 2.35 bits per heavy atom. The van der Waals surface area contributed by atoms with Crippen molar-refractivity contribution >= 4 is 45.9 Å². The van der Waals surface area contributed by atoms with Gasteiger partial charge in [0.15, 0.2) is 4.34 Å². The summed E-state index contributed by atoms with van der Waals surface area (Å²) in [5.41, 5.74) is 0.424.